The van der Waals surface area contributed by atoms with Crippen molar-refractivity contribution in [3.05, 3.63) is 36.5 Å². The highest BCUT2D eigenvalue weighted by Crippen LogP contribution is 2.00. The zero-order valence-electron chi connectivity index (χ0n) is 12.9. The maximum absolute atomic E-state index is 11.1. The number of esters is 2. The van der Waals surface area contributed by atoms with Crippen LogP contribution in [-0.4, -0.2) is 35.7 Å². The Morgan fingerprint density at radius 2 is 1.33 bits per heavy atom. The largest absolute Gasteiger partial charge is 0.478 e. The van der Waals surface area contributed by atoms with Crippen molar-refractivity contribution in [2.75, 3.05) is 6.61 Å². The number of aliphatic carboxylic acids is 1. The Bertz CT molecular complexity index is 435. The summed E-state index contributed by atoms with van der Waals surface area (Å²) in [6.45, 7) is 16.2. The molecule has 0 heterocycles. The van der Waals surface area contributed by atoms with Crippen LogP contribution in [0.5, 0.6) is 0 Å². The van der Waals surface area contributed by atoms with Gasteiger partial charge >= 0.3 is 17.9 Å². The molecule has 0 aromatic carbocycles. The molecule has 21 heavy (non-hydrogen) atoms. The van der Waals surface area contributed by atoms with E-state index in [0.717, 1.165) is 0 Å². The highest BCUT2D eigenvalue weighted by Gasteiger charge is 2.12. The predicted octanol–water partition coefficient (Wildman–Crippen LogP) is 2.26. The Balaban J connectivity index is 0. The van der Waals surface area contributed by atoms with Crippen molar-refractivity contribution in [1.29, 1.82) is 0 Å². The van der Waals surface area contributed by atoms with Crippen molar-refractivity contribution in [2.45, 2.75) is 33.8 Å². The Hall–Kier alpha value is -2.37. The fourth-order valence-corrected chi connectivity index (χ4v) is 0.634. The molecular weight excluding hydrogens is 276 g/mol. The molecule has 1 atom stereocenters. The molecule has 0 aliphatic heterocycles. The van der Waals surface area contributed by atoms with E-state index in [0.29, 0.717) is 11.1 Å². The molecule has 0 aromatic heterocycles. The average molecular weight is 298 g/mol. The van der Waals surface area contributed by atoms with Gasteiger partial charge in [-0.15, -0.1) is 0 Å². The molecule has 0 aliphatic carbocycles. The maximum atomic E-state index is 11.1. The fourth-order valence-electron chi connectivity index (χ4n) is 0.634. The smallest absolute Gasteiger partial charge is 0.333 e. The van der Waals surface area contributed by atoms with Crippen LogP contribution >= 0.6 is 0 Å². The van der Waals surface area contributed by atoms with Gasteiger partial charge in [0, 0.05) is 16.7 Å². The number of rotatable bonds is 6. The number of hydrogen-bond acceptors (Lipinski definition) is 5. The molecule has 0 fully saturated rings. The summed E-state index contributed by atoms with van der Waals surface area (Å²) in [6, 6.07) is 0. The van der Waals surface area contributed by atoms with Crippen molar-refractivity contribution in [1.82, 2.24) is 0 Å². The summed E-state index contributed by atoms with van der Waals surface area (Å²) in [5.74, 6) is -1.92. The third-order valence-electron chi connectivity index (χ3n) is 1.82. The second-order valence-corrected chi connectivity index (χ2v) is 4.46. The van der Waals surface area contributed by atoms with Crippen LogP contribution in [0.2, 0.25) is 0 Å². The van der Waals surface area contributed by atoms with Crippen molar-refractivity contribution < 1.29 is 29.0 Å². The number of carbonyl (C=O) groups is 3. The number of carboxylic acid groups (broad SMARTS) is 1. The topological polar surface area (TPSA) is 89.9 Å². The second kappa shape index (κ2) is 10.4. The van der Waals surface area contributed by atoms with E-state index in [1.54, 1.807) is 20.8 Å². The van der Waals surface area contributed by atoms with E-state index in [4.69, 9.17) is 14.6 Å². The summed E-state index contributed by atoms with van der Waals surface area (Å²) in [5.41, 5.74) is 0.802. The molecule has 0 saturated heterocycles. The van der Waals surface area contributed by atoms with Crippen molar-refractivity contribution >= 4 is 17.9 Å². The lowest BCUT2D eigenvalue weighted by molar-refractivity contribution is -0.152. The zero-order valence-corrected chi connectivity index (χ0v) is 12.9. The van der Waals surface area contributed by atoms with E-state index in [2.05, 4.69) is 19.7 Å². The predicted molar refractivity (Wildman–Crippen MR) is 78.6 cm³/mol. The molecule has 0 rings (SSSR count). The van der Waals surface area contributed by atoms with Crippen LogP contribution in [0.1, 0.15) is 27.7 Å². The summed E-state index contributed by atoms with van der Waals surface area (Å²) in [4.78, 5) is 31.6. The summed E-state index contributed by atoms with van der Waals surface area (Å²) in [6.07, 6.45) is -0.488. The minimum absolute atomic E-state index is 0.0186. The van der Waals surface area contributed by atoms with Gasteiger partial charge in [-0.3, -0.25) is 0 Å². The van der Waals surface area contributed by atoms with Gasteiger partial charge in [-0.1, -0.05) is 19.7 Å². The molecule has 0 saturated carbocycles. The quantitative estimate of drug-likeness (QED) is 0.597. The first kappa shape index (κ1) is 20.9. The van der Waals surface area contributed by atoms with Crippen LogP contribution in [-0.2, 0) is 23.9 Å². The van der Waals surface area contributed by atoms with Crippen LogP contribution < -0.4 is 0 Å². The van der Waals surface area contributed by atoms with Gasteiger partial charge in [-0.05, 0) is 27.7 Å². The van der Waals surface area contributed by atoms with Crippen LogP contribution in [0.15, 0.2) is 36.5 Å². The van der Waals surface area contributed by atoms with Gasteiger partial charge in [0.1, 0.15) is 12.7 Å². The Morgan fingerprint density at radius 3 is 1.62 bits per heavy atom. The lowest BCUT2D eigenvalue weighted by atomic mass is 10.3. The molecule has 6 nitrogen and oxygen atoms in total. The first-order valence-corrected chi connectivity index (χ1v) is 6.06. The molecule has 1 N–H and O–H groups in total. The molecule has 6 heteroatoms. The van der Waals surface area contributed by atoms with E-state index >= 15 is 0 Å². The zero-order chi connectivity index (χ0) is 17.2. The Morgan fingerprint density at radius 1 is 0.952 bits per heavy atom. The van der Waals surface area contributed by atoms with Gasteiger partial charge in [0.15, 0.2) is 0 Å². The van der Waals surface area contributed by atoms with Gasteiger partial charge in [0.25, 0.3) is 0 Å². The molecule has 0 aromatic rings. The highest BCUT2D eigenvalue weighted by atomic mass is 16.6. The summed E-state index contributed by atoms with van der Waals surface area (Å²) in [5, 5.41) is 7.89. The highest BCUT2D eigenvalue weighted by molar-refractivity contribution is 5.87. The second-order valence-electron chi connectivity index (χ2n) is 4.46. The standard InChI is InChI=1S/C11H16O4.C4H6O2/c1-7(2)10(12)14-6-9(5)15-11(13)8(3)4;1-3(2)4(5)6/h9H,1,3,6H2,2,4-5H3;1H2,2H3,(H,5,6). The molecule has 0 amide bonds. The lowest BCUT2D eigenvalue weighted by Crippen LogP contribution is -2.22. The number of carbonyl (C=O) groups excluding carboxylic acids is 2. The normalized spacial score (nSPS) is 10.3. The van der Waals surface area contributed by atoms with Crippen LogP contribution in [0.3, 0.4) is 0 Å². The van der Waals surface area contributed by atoms with Gasteiger partial charge < -0.3 is 14.6 Å². The van der Waals surface area contributed by atoms with E-state index < -0.39 is 24.0 Å². The first-order valence-electron chi connectivity index (χ1n) is 6.06. The van der Waals surface area contributed by atoms with Gasteiger partial charge in [-0.25, -0.2) is 14.4 Å². The third-order valence-corrected chi connectivity index (χ3v) is 1.82. The monoisotopic (exact) mass is 298 g/mol. The maximum Gasteiger partial charge on any atom is 0.333 e. The van der Waals surface area contributed by atoms with E-state index in [1.165, 1.54) is 6.92 Å². The fraction of sp³-hybridized carbons (Fsp3) is 0.400. The lowest BCUT2D eigenvalue weighted by Gasteiger charge is -2.13. The van der Waals surface area contributed by atoms with Crippen LogP contribution in [0.25, 0.3) is 0 Å². The van der Waals surface area contributed by atoms with Crippen molar-refractivity contribution in [2.24, 2.45) is 0 Å². The summed E-state index contributed by atoms with van der Waals surface area (Å²) in [7, 11) is 0. The van der Waals surface area contributed by atoms with Crippen molar-refractivity contribution in [3.8, 4) is 0 Å². The van der Waals surface area contributed by atoms with Crippen LogP contribution in [0.4, 0.5) is 0 Å². The minimum atomic E-state index is -0.935. The van der Waals surface area contributed by atoms with E-state index in [9.17, 15) is 14.4 Å². The van der Waals surface area contributed by atoms with Gasteiger partial charge in [0.05, 0.1) is 0 Å². The molecule has 0 radical (unpaired) electrons. The summed E-state index contributed by atoms with van der Waals surface area (Å²) < 4.78 is 9.70. The molecule has 1 unspecified atom stereocenters. The molecule has 0 aliphatic rings. The van der Waals surface area contributed by atoms with Crippen LogP contribution in [0, 0.1) is 0 Å². The number of hydrogen-bond donors (Lipinski definition) is 1. The van der Waals surface area contributed by atoms with Gasteiger partial charge in [0.2, 0.25) is 0 Å². The third kappa shape index (κ3) is 12.4. The Labute approximate surface area is 124 Å². The molecule has 0 spiro atoms. The van der Waals surface area contributed by atoms with Gasteiger partial charge in [-0.2, -0.15) is 0 Å². The van der Waals surface area contributed by atoms with E-state index in [-0.39, 0.29) is 12.2 Å². The van der Waals surface area contributed by atoms with E-state index in [1.807, 2.05) is 0 Å². The molecule has 118 valence electrons. The molecule has 0 bridgehead atoms. The SMILES string of the molecule is C=C(C)C(=O)O.C=C(C)C(=O)OCC(C)OC(=O)C(=C)C. The number of carboxylic acids is 1. The van der Waals surface area contributed by atoms with Crippen molar-refractivity contribution in [3.63, 3.8) is 0 Å². The first-order chi connectivity index (χ1) is 9.48. The molecular formula is C15H22O6. The Kier molecular flexibility index (Phi) is 10.4. The minimum Gasteiger partial charge on any atom is -0.478 e. The number of ether oxygens (including phenoxy) is 2. The average Bonchev–Trinajstić information content (AvgIpc) is 2.35. The summed E-state index contributed by atoms with van der Waals surface area (Å²) >= 11 is 0.